The molecule has 0 aromatic carbocycles. The van der Waals surface area contributed by atoms with Crippen LogP contribution in [0.3, 0.4) is 0 Å². The minimum Gasteiger partial charge on any atom is -0.330 e. The van der Waals surface area contributed by atoms with Crippen LogP contribution in [0.5, 0.6) is 0 Å². The second kappa shape index (κ2) is 12.5. The van der Waals surface area contributed by atoms with E-state index < -0.39 is 0 Å². The molecule has 21 heavy (non-hydrogen) atoms. The SMILES string of the molecule is CC.CC(C)(C)CC(C)(C)CCCC(C)(C)CN.CCC. The summed E-state index contributed by atoms with van der Waals surface area (Å²) in [6.45, 7) is 25.4. The largest absolute Gasteiger partial charge is 0.330 e. The van der Waals surface area contributed by atoms with Crippen molar-refractivity contribution < 1.29 is 0 Å². The van der Waals surface area contributed by atoms with E-state index in [1.165, 1.54) is 32.1 Å². The molecule has 0 unspecified atom stereocenters. The monoisotopic (exact) mass is 301 g/mol. The van der Waals surface area contributed by atoms with Gasteiger partial charge in [0.1, 0.15) is 0 Å². The van der Waals surface area contributed by atoms with Crippen LogP contribution in [-0.2, 0) is 0 Å². The third-order valence-corrected chi connectivity index (χ3v) is 3.27. The molecule has 0 aliphatic carbocycles. The zero-order chi connectivity index (χ0) is 17.7. The molecular weight excluding hydrogens is 254 g/mol. The van der Waals surface area contributed by atoms with E-state index in [1.807, 2.05) is 13.8 Å². The predicted molar refractivity (Wildman–Crippen MR) is 102 cm³/mol. The molecule has 0 fully saturated rings. The van der Waals surface area contributed by atoms with Crippen LogP contribution in [-0.4, -0.2) is 6.54 Å². The van der Waals surface area contributed by atoms with Gasteiger partial charge in [0.25, 0.3) is 0 Å². The molecule has 0 saturated carbocycles. The predicted octanol–water partition coefficient (Wildman–Crippen LogP) is 7.05. The van der Waals surface area contributed by atoms with Crippen molar-refractivity contribution in [3.8, 4) is 0 Å². The van der Waals surface area contributed by atoms with Gasteiger partial charge in [-0.1, -0.05) is 89.0 Å². The first-order chi connectivity index (χ1) is 9.39. The Morgan fingerprint density at radius 2 is 1.05 bits per heavy atom. The van der Waals surface area contributed by atoms with Gasteiger partial charge in [-0.05, 0) is 42.1 Å². The molecule has 0 aliphatic heterocycles. The molecule has 0 saturated heterocycles. The fourth-order valence-corrected chi connectivity index (χ4v) is 2.67. The lowest BCUT2D eigenvalue weighted by Gasteiger charge is -2.33. The number of rotatable bonds is 6. The van der Waals surface area contributed by atoms with Crippen LogP contribution in [0.1, 0.15) is 108 Å². The molecule has 0 bridgehead atoms. The molecule has 0 amide bonds. The quantitative estimate of drug-likeness (QED) is 0.559. The highest BCUT2D eigenvalue weighted by Crippen LogP contribution is 2.38. The Morgan fingerprint density at radius 1 is 0.714 bits per heavy atom. The lowest BCUT2D eigenvalue weighted by Crippen LogP contribution is -2.25. The zero-order valence-electron chi connectivity index (χ0n) is 17.3. The second-order valence-electron chi connectivity index (χ2n) is 8.83. The lowest BCUT2D eigenvalue weighted by molar-refractivity contribution is 0.185. The van der Waals surface area contributed by atoms with Gasteiger partial charge in [0.2, 0.25) is 0 Å². The van der Waals surface area contributed by atoms with E-state index in [0.29, 0.717) is 16.2 Å². The van der Waals surface area contributed by atoms with Crippen LogP contribution in [0.4, 0.5) is 0 Å². The van der Waals surface area contributed by atoms with Gasteiger partial charge in [0.05, 0.1) is 0 Å². The Kier molecular flexibility index (Phi) is 15.4. The number of nitrogens with two attached hydrogens (primary N) is 1. The molecule has 0 radical (unpaired) electrons. The van der Waals surface area contributed by atoms with Crippen molar-refractivity contribution in [2.45, 2.75) is 108 Å². The molecule has 0 aromatic heterocycles. The van der Waals surface area contributed by atoms with E-state index in [-0.39, 0.29) is 0 Å². The zero-order valence-corrected chi connectivity index (χ0v) is 17.3. The van der Waals surface area contributed by atoms with Gasteiger partial charge in [-0.25, -0.2) is 0 Å². The first-order valence-electron chi connectivity index (χ1n) is 9.09. The summed E-state index contributed by atoms with van der Waals surface area (Å²) in [7, 11) is 0. The van der Waals surface area contributed by atoms with Gasteiger partial charge in [-0.2, -0.15) is 0 Å². The summed E-state index contributed by atoms with van der Waals surface area (Å²) in [6, 6.07) is 0. The van der Waals surface area contributed by atoms with E-state index in [1.54, 1.807) is 0 Å². The number of hydrogen-bond acceptors (Lipinski definition) is 1. The molecule has 0 rings (SSSR count). The molecule has 0 atom stereocenters. The van der Waals surface area contributed by atoms with E-state index >= 15 is 0 Å². The average Bonchev–Trinajstić information content (AvgIpc) is 2.29. The van der Waals surface area contributed by atoms with Gasteiger partial charge >= 0.3 is 0 Å². The van der Waals surface area contributed by atoms with Crippen LogP contribution in [0.15, 0.2) is 0 Å². The van der Waals surface area contributed by atoms with Gasteiger partial charge in [0, 0.05) is 0 Å². The Hall–Kier alpha value is -0.0400. The summed E-state index contributed by atoms with van der Waals surface area (Å²) >= 11 is 0. The average molecular weight is 302 g/mol. The van der Waals surface area contributed by atoms with Crippen LogP contribution < -0.4 is 5.73 Å². The van der Waals surface area contributed by atoms with Gasteiger partial charge in [-0.15, -0.1) is 0 Å². The minimum atomic E-state index is 0.317. The second-order valence-corrected chi connectivity index (χ2v) is 8.83. The van der Waals surface area contributed by atoms with Gasteiger partial charge in [-0.3, -0.25) is 0 Å². The first kappa shape index (κ1) is 25.9. The van der Waals surface area contributed by atoms with Crippen molar-refractivity contribution in [1.29, 1.82) is 0 Å². The molecular formula is C20H47N. The molecule has 0 heterocycles. The lowest BCUT2D eigenvalue weighted by atomic mass is 9.72. The minimum absolute atomic E-state index is 0.317. The maximum atomic E-state index is 5.76. The summed E-state index contributed by atoms with van der Waals surface area (Å²) in [6.07, 6.45) is 6.40. The van der Waals surface area contributed by atoms with Crippen molar-refractivity contribution in [3.63, 3.8) is 0 Å². The third kappa shape index (κ3) is 22.4. The van der Waals surface area contributed by atoms with E-state index in [2.05, 4.69) is 62.3 Å². The summed E-state index contributed by atoms with van der Waals surface area (Å²) in [5.74, 6) is 0. The van der Waals surface area contributed by atoms with Gasteiger partial charge < -0.3 is 5.73 Å². The van der Waals surface area contributed by atoms with E-state index in [9.17, 15) is 0 Å². The summed E-state index contributed by atoms with van der Waals surface area (Å²) < 4.78 is 0. The molecule has 0 aliphatic rings. The smallest absolute Gasteiger partial charge is 0.00258 e. The molecule has 1 nitrogen and oxygen atoms in total. The summed E-state index contributed by atoms with van der Waals surface area (Å²) in [5, 5.41) is 0. The molecule has 0 spiro atoms. The Balaban J connectivity index is -0.000000569. The standard InChI is InChI=1S/C15H33N.C3H8.C2H6/c1-13(2,3)11-14(4,5)9-8-10-15(6,7)12-16;1-3-2;1-2/h8-12,16H2,1-7H3;3H2,1-2H3;1-2H3. The topological polar surface area (TPSA) is 26.0 Å². The van der Waals surface area contributed by atoms with E-state index in [0.717, 1.165) is 6.54 Å². The highest BCUT2D eigenvalue weighted by molar-refractivity contribution is 4.78. The summed E-state index contributed by atoms with van der Waals surface area (Å²) in [4.78, 5) is 0. The van der Waals surface area contributed by atoms with Crippen molar-refractivity contribution in [3.05, 3.63) is 0 Å². The number of hydrogen-bond donors (Lipinski definition) is 1. The highest BCUT2D eigenvalue weighted by Gasteiger charge is 2.26. The third-order valence-electron chi connectivity index (χ3n) is 3.27. The molecule has 132 valence electrons. The Morgan fingerprint density at radius 3 is 1.33 bits per heavy atom. The van der Waals surface area contributed by atoms with Crippen molar-refractivity contribution in [2.24, 2.45) is 22.0 Å². The van der Waals surface area contributed by atoms with Crippen molar-refractivity contribution >= 4 is 0 Å². The first-order valence-corrected chi connectivity index (χ1v) is 9.09. The molecule has 2 N–H and O–H groups in total. The molecule has 1 heteroatoms. The van der Waals surface area contributed by atoms with E-state index in [4.69, 9.17) is 5.73 Å². The van der Waals surface area contributed by atoms with Crippen molar-refractivity contribution in [1.82, 2.24) is 0 Å². The Labute approximate surface area is 137 Å². The normalized spacial score (nSPS) is 12.0. The van der Waals surface area contributed by atoms with Gasteiger partial charge in [0.15, 0.2) is 0 Å². The van der Waals surface area contributed by atoms with Crippen LogP contribution >= 0.6 is 0 Å². The summed E-state index contributed by atoms with van der Waals surface area (Å²) in [5.41, 5.74) is 6.97. The Bertz CT molecular complexity index is 208. The van der Waals surface area contributed by atoms with Crippen LogP contribution in [0.25, 0.3) is 0 Å². The maximum absolute atomic E-state index is 5.76. The van der Waals surface area contributed by atoms with Crippen LogP contribution in [0, 0.1) is 16.2 Å². The highest BCUT2D eigenvalue weighted by atomic mass is 14.6. The fourth-order valence-electron chi connectivity index (χ4n) is 2.67. The van der Waals surface area contributed by atoms with Crippen molar-refractivity contribution in [2.75, 3.05) is 6.54 Å². The fraction of sp³-hybridized carbons (Fsp3) is 1.00. The van der Waals surface area contributed by atoms with Crippen LogP contribution in [0.2, 0.25) is 0 Å². The molecule has 0 aromatic rings. The maximum Gasteiger partial charge on any atom is -0.00258 e.